The molecule has 0 spiro atoms. The third-order valence-corrected chi connectivity index (χ3v) is 4.88. The van der Waals surface area contributed by atoms with E-state index in [2.05, 4.69) is 10.3 Å². The molecule has 1 aromatic heterocycles. The molecule has 0 unspecified atom stereocenters. The van der Waals surface area contributed by atoms with Crippen molar-refractivity contribution < 1.29 is 33.7 Å². The van der Waals surface area contributed by atoms with Gasteiger partial charge in [-0.15, -0.1) is 0 Å². The summed E-state index contributed by atoms with van der Waals surface area (Å²) >= 11 is 0. The second-order valence-corrected chi connectivity index (χ2v) is 6.64. The van der Waals surface area contributed by atoms with Gasteiger partial charge in [-0.05, 0) is 12.8 Å². The number of amides is 1. The zero-order chi connectivity index (χ0) is 19.4. The van der Waals surface area contributed by atoms with E-state index < -0.39 is 41.5 Å². The van der Waals surface area contributed by atoms with E-state index >= 15 is 0 Å². The second-order valence-electron chi connectivity index (χ2n) is 6.64. The summed E-state index contributed by atoms with van der Waals surface area (Å²) in [7, 11) is 1.35. The molecule has 146 valence electrons. The number of aromatic hydroxyl groups is 1. The summed E-state index contributed by atoms with van der Waals surface area (Å²) in [5.74, 6) is -2.87. The summed E-state index contributed by atoms with van der Waals surface area (Å²) in [6.45, 7) is -0.266. The molecule has 2 heterocycles. The fraction of sp³-hybridized carbons (Fsp3) is 0.556. The minimum absolute atomic E-state index is 0.103. The first-order valence-corrected chi connectivity index (χ1v) is 8.87. The predicted molar refractivity (Wildman–Crippen MR) is 91.1 cm³/mol. The summed E-state index contributed by atoms with van der Waals surface area (Å²) in [6, 6.07) is 0.662. The molecule has 27 heavy (non-hydrogen) atoms. The number of pyridine rings is 1. The van der Waals surface area contributed by atoms with Crippen molar-refractivity contribution in [2.75, 3.05) is 20.3 Å². The molecule has 0 bridgehead atoms. The number of esters is 2. The average Bonchev–Trinajstić information content (AvgIpc) is 2.74. The van der Waals surface area contributed by atoms with Crippen LogP contribution in [0.5, 0.6) is 11.5 Å². The van der Waals surface area contributed by atoms with Crippen LogP contribution in [0, 0.1) is 11.8 Å². The number of hydrogen-bond donors (Lipinski definition) is 2. The van der Waals surface area contributed by atoms with Gasteiger partial charge in [0.1, 0.15) is 13.2 Å². The highest BCUT2D eigenvalue weighted by Gasteiger charge is 2.39. The highest BCUT2D eigenvalue weighted by Crippen LogP contribution is 2.33. The molecule has 1 aliphatic carbocycles. The Kier molecular flexibility index (Phi) is 5.78. The maximum absolute atomic E-state index is 12.4. The summed E-state index contributed by atoms with van der Waals surface area (Å²) in [5, 5.41) is 12.6. The van der Waals surface area contributed by atoms with E-state index in [1.807, 2.05) is 0 Å². The van der Waals surface area contributed by atoms with Crippen LogP contribution >= 0.6 is 0 Å². The number of aromatic nitrogens is 1. The van der Waals surface area contributed by atoms with E-state index in [0.29, 0.717) is 12.8 Å². The predicted octanol–water partition coefficient (Wildman–Crippen LogP) is 0.801. The summed E-state index contributed by atoms with van der Waals surface area (Å²) in [6.07, 6.45) is 4.24. The van der Waals surface area contributed by atoms with E-state index in [1.165, 1.54) is 19.4 Å². The Morgan fingerprint density at radius 1 is 1.19 bits per heavy atom. The fourth-order valence-corrected chi connectivity index (χ4v) is 3.43. The van der Waals surface area contributed by atoms with Crippen molar-refractivity contribution in [3.05, 3.63) is 18.0 Å². The second kappa shape index (κ2) is 8.24. The largest absolute Gasteiger partial charge is 0.503 e. The minimum atomic E-state index is -0.752. The SMILES string of the molecule is COc1ccnc(C(=O)NC2COC(=O)[C@H]3CCCC[C@@H]3C(=O)OC2)c1O. The lowest BCUT2D eigenvalue weighted by atomic mass is 9.79. The van der Waals surface area contributed by atoms with Crippen LogP contribution in [0.2, 0.25) is 0 Å². The maximum Gasteiger partial charge on any atom is 0.309 e. The van der Waals surface area contributed by atoms with Crippen LogP contribution in [0.3, 0.4) is 0 Å². The monoisotopic (exact) mass is 378 g/mol. The van der Waals surface area contributed by atoms with Crippen molar-refractivity contribution in [3.8, 4) is 11.5 Å². The molecular formula is C18H22N2O7. The van der Waals surface area contributed by atoms with E-state index in [1.54, 1.807) is 0 Å². The first-order chi connectivity index (χ1) is 13.0. The molecule has 9 heteroatoms. The Hall–Kier alpha value is -2.84. The van der Waals surface area contributed by atoms with Gasteiger partial charge in [-0.25, -0.2) is 4.98 Å². The van der Waals surface area contributed by atoms with Crippen LogP contribution in [-0.2, 0) is 19.1 Å². The smallest absolute Gasteiger partial charge is 0.309 e. The first kappa shape index (κ1) is 18.9. The van der Waals surface area contributed by atoms with Gasteiger partial charge in [-0.2, -0.15) is 0 Å². The van der Waals surface area contributed by atoms with Crippen molar-refractivity contribution in [2.24, 2.45) is 11.8 Å². The van der Waals surface area contributed by atoms with E-state index in [0.717, 1.165) is 12.8 Å². The average molecular weight is 378 g/mol. The molecule has 1 amide bonds. The van der Waals surface area contributed by atoms with Gasteiger partial charge >= 0.3 is 11.9 Å². The van der Waals surface area contributed by atoms with Crippen LogP contribution in [0.25, 0.3) is 0 Å². The number of nitrogens with one attached hydrogen (secondary N) is 1. The van der Waals surface area contributed by atoms with Crippen molar-refractivity contribution in [2.45, 2.75) is 31.7 Å². The molecule has 1 saturated carbocycles. The van der Waals surface area contributed by atoms with Crippen molar-refractivity contribution in [3.63, 3.8) is 0 Å². The summed E-state index contributed by atoms with van der Waals surface area (Å²) in [4.78, 5) is 40.9. The molecule has 2 aliphatic rings. The van der Waals surface area contributed by atoms with Crippen LogP contribution < -0.4 is 10.1 Å². The van der Waals surface area contributed by atoms with Gasteiger partial charge in [-0.1, -0.05) is 12.8 Å². The number of rotatable bonds is 3. The highest BCUT2D eigenvalue weighted by molar-refractivity contribution is 5.95. The van der Waals surface area contributed by atoms with Crippen LogP contribution in [0.1, 0.15) is 36.2 Å². The minimum Gasteiger partial charge on any atom is -0.503 e. The molecule has 2 atom stereocenters. The normalized spacial score (nSPS) is 23.7. The number of fused-ring (bicyclic) bond motifs is 1. The lowest BCUT2D eigenvalue weighted by Gasteiger charge is -2.26. The number of hydrogen-bond acceptors (Lipinski definition) is 8. The van der Waals surface area contributed by atoms with Crippen molar-refractivity contribution in [1.29, 1.82) is 0 Å². The Morgan fingerprint density at radius 3 is 2.33 bits per heavy atom. The third kappa shape index (κ3) is 4.12. The molecule has 1 saturated heterocycles. The van der Waals surface area contributed by atoms with Crippen LogP contribution in [-0.4, -0.2) is 54.3 Å². The van der Waals surface area contributed by atoms with Crippen LogP contribution in [0.4, 0.5) is 0 Å². The van der Waals surface area contributed by atoms with Crippen molar-refractivity contribution in [1.82, 2.24) is 10.3 Å². The highest BCUT2D eigenvalue weighted by atomic mass is 16.6. The first-order valence-electron chi connectivity index (χ1n) is 8.87. The molecule has 2 N–H and O–H groups in total. The number of carbonyl (C=O) groups excluding carboxylic acids is 3. The van der Waals surface area contributed by atoms with Gasteiger partial charge in [0, 0.05) is 12.3 Å². The molecule has 1 aliphatic heterocycles. The van der Waals surface area contributed by atoms with E-state index in [-0.39, 0.29) is 24.7 Å². The van der Waals surface area contributed by atoms with E-state index in [4.69, 9.17) is 14.2 Å². The molecule has 3 rings (SSSR count). The number of methoxy groups -OCH3 is 1. The Bertz CT molecular complexity index is 708. The molecule has 0 aromatic carbocycles. The quantitative estimate of drug-likeness (QED) is 0.740. The zero-order valence-corrected chi connectivity index (χ0v) is 15.0. The number of ether oxygens (including phenoxy) is 3. The Balaban J connectivity index is 1.71. The number of carbonyl (C=O) groups is 3. The Labute approximate surface area is 156 Å². The van der Waals surface area contributed by atoms with Gasteiger partial charge < -0.3 is 24.6 Å². The number of cyclic esters (lactones) is 2. The van der Waals surface area contributed by atoms with Crippen molar-refractivity contribution >= 4 is 17.8 Å². The standard InChI is InChI=1S/C18H22N2O7/c1-25-13-6-7-19-14(15(13)21)16(22)20-10-8-26-17(23)11-4-2-3-5-12(11)18(24)27-9-10/h6-7,10-12,21H,2-5,8-9H2,1H3,(H,20,22)/t11-,12-/m0/s1. The topological polar surface area (TPSA) is 124 Å². The third-order valence-electron chi connectivity index (χ3n) is 4.88. The van der Waals surface area contributed by atoms with Gasteiger partial charge in [0.15, 0.2) is 17.2 Å². The van der Waals surface area contributed by atoms with Gasteiger partial charge in [0.2, 0.25) is 0 Å². The molecule has 2 fully saturated rings. The molecule has 1 aromatic rings. The lowest BCUT2D eigenvalue weighted by molar-refractivity contribution is -0.159. The van der Waals surface area contributed by atoms with Gasteiger partial charge in [0.25, 0.3) is 5.91 Å². The Morgan fingerprint density at radius 2 is 1.78 bits per heavy atom. The van der Waals surface area contributed by atoms with E-state index in [9.17, 15) is 19.5 Å². The summed E-state index contributed by atoms with van der Waals surface area (Å²) in [5.41, 5.74) is -0.236. The van der Waals surface area contributed by atoms with Gasteiger partial charge in [0.05, 0.1) is 25.0 Å². The fourth-order valence-electron chi connectivity index (χ4n) is 3.43. The molecular weight excluding hydrogens is 356 g/mol. The summed E-state index contributed by atoms with van der Waals surface area (Å²) < 4.78 is 15.6. The molecule has 9 nitrogen and oxygen atoms in total. The lowest BCUT2D eigenvalue weighted by Crippen LogP contribution is -2.42. The van der Waals surface area contributed by atoms with Crippen LogP contribution in [0.15, 0.2) is 12.3 Å². The van der Waals surface area contributed by atoms with Gasteiger partial charge in [-0.3, -0.25) is 14.4 Å². The zero-order valence-electron chi connectivity index (χ0n) is 15.0. The number of nitrogens with zero attached hydrogens (tertiary/aromatic N) is 1. The molecule has 0 radical (unpaired) electrons. The maximum atomic E-state index is 12.4.